The van der Waals surface area contributed by atoms with Crippen molar-refractivity contribution < 1.29 is 0 Å². The van der Waals surface area contributed by atoms with Crippen molar-refractivity contribution >= 4 is 27.5 Å². The third kappa shape index (κ3) is 3.81. The summed E-state index contributed by atoms with van der Waals surface area (Å²) in [6.45, 7) is 6.64. The van der Waals surface area contributed by atoms with Gasteiger partial charge in [-0.25, -0.2) is 0 Å². The number of halogens is 2. The third-order valence-electron chi connectivity index (χ3n) is 3.06. The Morgan fingerprint density at radius 2 is 2.07 bits per heavy atom. The summed E-state index contributed by atoms with van der Waals surface area (Å²) >= 11 is 9.92. The lowest BCUT2D eigenvalue weighted by molar-refractivity contribution is 0.330. The van der Waals surface area contributed by atoms with Gasteiger partial charge in [-0.15, -0.1) is 11.6 Å². The average Bonchev–Trinajstić information content (AvgIpc) is 2.17. The molecule has 0 saturated carbocycles. The van der Waals surface area contributed by atoms with Crippen LogP contribution in [0.5, 0.6) is 0 Å². The van der Waals surface area contributed by atoms with Crippen LogP contribution in [-0.4, -0.2) is 5.38 Å². The van der Waals surface area contributed by atoms with Gasteiger partial charge in [-0.05, 0) is 36.0 Å². The lowest BCUT2D eigenvalue weighted by Gasteiger charge is -2.28. The monoisotopic (exact) mass is 288 g/mol. The first-order valence-electron chi connectivity index (χ1n) is 5.34. The van der Waals surface area contributed by atoms with E-state index in [1.807, 2.05) is 6.07 Å². The summed E-state index contributed by atoms with van der Waals surface area (Å²) < 4.78 is 1.12. The molecule has 0 aliphatic carbocycles. The second-order valence-corrected chi connectivity index (χ2v) is 6.09. The van der Waals surface area contributed by atoms with Crippen molar-refractivity contribution in [1.82, 2.24) is 0 Å². The van der Waals surface area contributed by atoms with Gasteiger partial charge in [-0.1, -0.05) is 48.8 Å². The van der Waals surface area contributed by atoms with Gasteiger partial charge in [0.2, 0.25) is 0 Å². The van der Waals surface area contributed by atoms with Crippen LogP contribution < -0.4 is 0 Å². The highest BCUT2D eigenvalue weighted by atomic mass is 79.9. The summed E-state index contributed by atoms with van der Waals surface area (Å²) in [6.07, 6.45) is 2.04. The second-order valence-electron chi connectivity index (χ2n) is 4.64. The summed E-state index contributed by atoms with van der Waals surface area (Å²) in [5.41, 5.74) is 1.50. The number of hydrogen-bond acceptors (Lipinski definition) is 0. The van der Waals surface area contributed by atoms with Crippen LogP contribution in [0.4, 0.5) is 0 Å². The maximum atomic E-state index is 6.44. The first-order valence-corrected chi connectivity index (χ1v) is 6.57. The molecule has 0 heterocycles. The fourth-order valence-electron chi connectivity index (χ4n) is 1.37. The van der Waals surface area contributed by atoms with Gasteiger partial charge in [-0.3, -0.25) is 0 Å². The van der Waals surface area contributed by atoms with Crippen LogP contribution in [0, 0.1) is 5.41 Å². The van der Waals surface area contributed by atoms with E-state index >= 15 is 0 Å². The van der Waals surface area contributed by atoms with E-state index in [4.69, 9.17) is 11.6 Å². The minimum absolute atomic E-state index is 0.191. The zero-order chi connectivity index (χ0) is 11.5. The van der Waals surface area contributed by atoms with Crippen molar-refractivity contribution in [1.29, 1.82) is 0 Å². The van der Waals surface area contributed by atoms with Crippen LogP contribution >= 0.6 is 27.5 Å². The lowest BCUT2D eigenvalue weighted by atomic mass is 9.83. The summed E-state index contributed by atoms with van der Waals surface area (Å²) in [5, 5.41) is 0.191. The predicted molar refractivity (Wildman–Crippen MR) is 71.6 cm³/mol. The number of hydrogen-bond donors (Lipinski definition) is 0. The molecule has 0 amide bonds. The fraction of sp³-hybridized carbons (Fsp3) is 0.538. The van der Waals surface area contributed by atoms with Gasteiger partial charge in [0.05, 0.1) is 0 Å². The van der Waals surface area contributed by atoms with Crippen LogP contribution in [0.15, 0.2) is 28.7 Å². The normalized spacial score (nSPS) is 13.9. The Hall–Kier alpha value is -0.0100. The highest BCUT2D eigenvalue weighted by Gasteiger charge is 2.25. The first-order chi connectivity index (χ1) is 6.95. The molecule has 2 heteroatoms. The summed E-state index contributed by atoms with van der Waals surface area (Å²) in [7, 11) is 0. The summed E-state index contributed by atoms with van der Waals surface area (Å²) in [4.78, 5) is 0. The zero-order valence-electron chi connectivity index (χ0n) is 9.56. The SMILES string of the molecule is CCC(C)(C)C(Cl)Cc1cccc(Br)c1. The van der Waals surface area contributed by atoms with Gasteiger partial charge in [-0.2, -0.15) is 0 Å². The first kappa shape index (κ1) is 13.1. The Morgan fingerprint density at radius 1 is 1.40 bits per heavy atom. The van der Waals surface area contributed by atoms with Crippen LogP contribution in [-0.2, 0) is 6.42 Å². The minimum atomic E-state index is 0.191. The molecule has 0 N–H and O–H groups in total. The zero-order valence-corrected chi connectivity index (χ0v) is 11.9. The standard InChI is InChI=1S/C13H18BrCl/c1-4-13(2,3)12(15)9-10-6-5-7-11(14)8-10/h5-8,12H,4,9H2,1-3H3. The van der Waals surface area contributed by atoms with Gasteiger partial charge in [0.15, 0.2) is 0 Å². The molecule has 0 spiro atoms. The molecule has 84 valence electrons. The minimum Gasteiger partial charge on any atom is -0.122 e. The topological polar surface area (TPSA) is 0 Å². The molecule has 1 aromatic rings. The molecule has 0 fully saturated rings. The quantitative estimate of drug-likeness (QED) is 0.682. The van der Waals surface area contributed by atoms with E-state index in [1.165, 1.54) is 5.56 Å². The van der Waals surface area contributed by atoms with E-state index in [2.05, 4.69) is 54.9 Å². The third-order valence-corrected chi connectivity index (χ3v) is 4.30. The Bertz CT molecular complexity index is 320. The van der Waals surface area contributed by atoms with Crippen molar-refractivity contribution in [2.24, 2.45) is 5.41 Å². The molecular formula is C13H18BrCl. The largest absolute Gasteiger partial charge is 0.122 e. The van der Waals surface area contributed by atoms with Gasteiger partial charge < -0.3 is 0 Å². The second kappa shape index (κ2) is 5.36. The van der Waals surface area contributed by atoms with Crippen LogP contribution in [0.1, 0.15) is 32.8 Å². The highest BCUT2D eigenvalue weighted by molar-refractivity contribution is 9.10. The van der Waals surface area contributed by atoms with Gasteiger partial charge >= 0.3 is 0 Å². The van der Waals surface area contributed by atoms with E-state index in [0.29, 0.717) is 0 Å². The molecule has 0 aliphatic heterocycles. The van der Waals surface area contributed by atoms with Gasteiger partial charge in [0.1, 0.15) is 0 Å². The smallest absolute Gasteiger partial charge is 0.0427 e. The van der Waals surface area contributed by atoms with Crippen LogP contribution in [0.2, 0.25) is 0 Å². The van der Waals surface area contributed by atoms with Gasteiger partial charge in [0, 0.05) is 9.85 Å². The Balaban J connectivity index is 2.70. The summed E-state index contributed by atoms with van der Waals surface area (Å²) in [6, 6.07) is 8.37. The maximum absolute atomic E-state index is 6.44. The van der Waals surface area contributed by atoms with E-state index in [9.17, 15) is 0 Å². The molecule has 0 nitrogen and oxygen atoms in total. The van der Waals surface area contributed by atoms with E-state index in [1.54, 1.807) is 0 Å². The fourth-order valence-corrected chi connectivity index (χ4v) is 2.15. The molecule has 0 radical (unpaired) electrons. The van der Waals surface area contributed by atoms with Crippen molar-refractivity contribution in [2.75, 3.05) is 0 Å². The maximum Gasteiger partial charge on any atom is 0.0427 e. The molecule has 1 rings (SSSR count). The van der Waals surface area contributed by atoms with E-state index in [-0.39, 0.29) is 10.8 Å². The molecule has 0 aliphatic rings. The van der Waals surface area contributed by atoms with Crippen molar-refractivity contribution in [2.45, 2.75) is 39.0 Å². The van der Waals surface area contributed by atoms with Crippen molar-refractivity contribution in [3.05, 3.63) is 34.3 Å². The van der Waals surface area contributed by atoms with E-state index < -0.39 is 0 Å². The number of benzene rings is 1. The molecular weight excluding hydrogens is 272 g/mol. The summed E-state index contributed by atoms with van der Waals surface area (Å²) in [5.74, 6) is 0. The molecule has 15 heavy (non-hydrogen) atoms. The molecule has 0 bridgehead atoms. The lowest BCUT2D eigenvalue weighted by Crippen LogP contribution is -2.25. The van der Waals surface area contributed by atoms with E-state index in [0.717, 1.165) is 17.3 Å². The van der Waals surface area contributed by atoms with Crippen LogP contribution in [0.25, 0.3) is 0 Å². The van der Waals surface area contributed by atoms with Gasteiger partial charge in [0.25, 0.3) is 0 Å². The molecule has 1 atom stereocenters. The molecule has 0 aromatic heterocycles. The number of rotatable bonds is 4. The molecule has 0 saturated heterocycles. The van der Waals surface area contributed by atoms with Crippen LogP contribution in [0.3, 0.4) is 0 Å². The average molecular weight is 290 g/mol. The Morgan fingerprint density at radius 3 is 2.60 bits per heavy atom. The predicted octanol–water partition coefficient (Wildman–Crippen LogP) is 5.04. The molecule has 1 aromatic carbocycles. The Kier molecular flexibility index (Phi) is 4.66. The highest BCUT2D eigenvalue weighted by Crippen LogP contribution is 2.31. The van der Waals surface area contributed by atoms with Crippen molar-refractivity contribution in [3.63, 3.8) is 0 Å². The Labute approximate surface area is 106 Å². The van der Waals surface area contributed by atoms with Crippen molar-refractivity contribution in [3.8, 4) is 0 Å². The number of alkyl halides is 1. The molecule has 1 unspecified atom stereocenters.